The number of esters is 2. The van der Waals surface area contributed by atoms with Crippen LogP contribution in [0.25, 0.3) is 0 Å². The number of unbranched alkanes of at least 4 members (excludes halogenated alkanes) is 15. The molecule has 0 aromatic heterocycles. The number of allylic oxidation sites excluding steroid dienone is 14. The van der Waals surface area contributed by atoms with Crippen molar-refractivity contribution in [1.82, 2.24) is 0 Å². The topological polar surface area (TPSA) is 111 Å². The van der Waals surface area contributed by atoms with Crippen LogP contribution in [0.2, 0.25) is 0 Å². The average molecular weight is 888 g/mol. The lowest BCUT2D eigenvalue weighted by Crippen LogP contribution is -2.37. The Balaban J connectivity index is 4.42. The Labute approximate surface area is 380 Å². The van der Waals surface area contributed by atoms with E-state index in [4.69, 9.17) is 18.5 Å². The maximum Gasteiger partial charge on any atom is 0.306 e. The molecule has 0 amide bonds. The van der Waals surface area contributed by atoms with Gasteiger partial charge in [-0.1, -0.05) is 176 Å². The van der Waals surface area contributed by atoms with Crippen LogP contribution in [0.3, 0.4) is 0 Å². The van der Waals surface area contributed by atoms with Gasteiger partial charge in [0.05, 0.1) is 27.7 Å². The van der Waals surface area contributed by atoms with Crippen molar-refractivity contribution in [3.8, 4) is 0 Å². The van der Waals surface area contributed by atoms with E-state index in [1.807, 2.05) is 33.3 Å². The SMILES string of the molecule is CC/C=C/C/C=C/C/C=C/C/C=C/C/C=C/C/C=C/CCC(=O)O[C@H](COC(=O)CCCCCCCCCCC/C=C/CCCCCCCC)COP(=O)([O-])OCC[N+](C)(C)C. The van der Waals surface area contributed by atoms with Crippen LogP contribution in [0.4, 0.5) is 0 Å². The van der Waals surface area contributed by atoms with Gasteiger partial charge < -0.3 is 27.9 Å². The standard InChI is InChI=1S/C52H90NO8P/c1-6-8-10-12-14-16-18-20-22-24-26-28-30-32-34-36-38-40-42-44-51(54)58-48-50(49-60-62(56,57)59-47-46-53(3,4)5)61-52(55)45-43-41-39-37-35-33-31-29-27-25-23-21-19-17-15-13-11-9-7-2/h9,11,15,17,20-23,27,29,33,35,39,41,50H,6-8,10,12-14,16,18-19,24-26,28,30-32,34,36-38,40,42-49H2,1-5H3/b11-9+,17-15+,22-20+,23-21+,29-27+,35-33+,41-39+/t50-/m1/s1. The lowest BCUT2D eigenvalue weighted by molar-refractivity contribution is -0.870. The number of hydrogen-bond acceptors (Lipinski definition) is 8. The molecule has 356 valence electrons. The van der Waals surface area contributed by atoms with Gasteiger partial charge in [0.1, 0.15) is 19.8 Å². The number of phosphoric ester groups is 1. The fourth-order valence-electron chi connectivity index (χ4n) is 6.15. The van der Waals surface area contributed by atoms with Crippen molar-refractivity contribution in [3.05, 3.63) is 85.1 Å². The summed E-state index contributed by atoms with van der Waals surface area (Å²) in [5.41, 5.74) is 0. The first-order valence-electron chi connectivity index (χ1n) is 24.3. The molecule has 0 fully saturated rings. The minimum atomic E-state index is -4.65. The van der Waals surface area contributed by atoms with Crippen molar-refractivity contribution in [1.29, 1.82) is 0 Å². The summed E-state index contributed by atoms with van der Waals surface area (Å²) < 4.78 is 33.9. The van der Waals surface area contributed by atoms with E-state index in [1.54, 1.807) is 0 Å². The molecule has 0 heterocycles. The summed E-state index contributed by atoms with van der Waals surface area (Å²) in [5.74, 6) is -0.939. The summed E-state index contributed by atoms with van der Waals surface area (Å²) in [6.45, 7) is 4.02. The Morgan fingerprint density at radius 3 is 1.44 bits per heavy atom. The third kappa shape index (κ3) is 46.7. The molecule has 0 saturated heterocycles. The first kappa shape index (κ1) is 59.2. The summed E-state index contributed by atoms with van der Waals surface area (Å²) in [4.78, 5) is 37.6. The minimum absolute atomic E-state index is 0.0487. The fourth-order valence-corrected chi connectivity index (χ4v) is 6.87. The van der Waals surface area contributed by atoms with Gasteiger partial charge in [-0.05, 0) is 77.0 Å². The molecule has 1 unspecified atom stereocenters. The van der Waals surface area contributed by atoms with Crippen LogP contribution in [0.5, 0.6) is 0 Å². The number of quaternary nitrogens is 1. The Morgan fingerprint density at radius 2 is 0.952 bits per heavy atom. The van der Waals surface area contributed by atoms with E-state index in [0.717, 1.165) is 57.8 Å². The third-order valence-electron chi connectivity index (χ3n) is 9.91. The predicted molar refractivity (Wildman–Crippen MR) is 259 cm³/mol. The summed E-state index contributed by atoms with van der Waals surface area (Å²) >= 11 is 0. The van der Waals surface area contributed by atoms with E-state index >= 15 is 0 Å². The molecule has 0 aliphatic heterocycles. The second-order valence-corrected chi connectivity index (χ2v) is 18.5. The van der Waals surface area contributed by atoms with E-state index in [0.29, 0.717) is 23.9 Å². The molecule has 0 bridgehead atoms. The summed E-state index contributed by atoms with van der Waals surface area (Å²) in [5, 5.41) is 0. The first-order chi connectivity index (χ1) is 30.0. The smallest absolute Gasteiger partial charge is 0.306 e. The van der Waals surface area contributed by atoms with Gasteiger partial charge in [0.25, 0.3) is 7.82 Å². The molecule has 9 nitrogen and oxygen atoms in total. The number of likely N-dealkylation sites (N-methyl/N-ethyl adjacent to an activating group) is 1. The molecule has 0 saturated carbocycles. The van der Waals surface area contributed by atoms with Gasteiger partial charge in [0.2, 0.25) is 0 Å². The van der Waals surface area contributed by atoms with Gasteiger partial charge in [-0.15, -0.1) is 0 Å². The minimum Gasteiger partial charge on any atom is -0.756 e. The van der Waals surface area contributed by atoms with Crippen molar-refractivity contribution < 1.29 is 42.1 Å². The molecule has 10 heteroatoms. The van der Waals surface area contributed by atoms with Gasteiger partial charge in [0.15, 0.2) is 6.10 Å². The van der Waals surface area contributed by atoms with Gasteiger partial charge in [-0.25, -0.2) is 0 Å². The lowest BCUT2D eigenvalue weighted by atomic mass is 10.1. The van der Waals surface area contributed by atoms with E-state index < -0.39 is 32.5 Å². The largest absolute Gasteiger partial charge is 0.756 e. The number of carbonyl (C=O) groups excluding carboxylic acids is 2. The van der Waals surface area contributed by atoms with Gasteiger partial charge in [0, 0.05) is 12.8 Å². The van der Waals surface area contributed by atoms with Gasteiger partial charge in [-0.3, -0.25) is 14.2 Å². The van der Waals surface area contributed by atoms with Crippen LogP contribution in [-0.4, -0.2) is 70.0 Å². The van der Waals surface area contributed by atoms with Crippen LogP contribution < -0.4 is 4.89 Å². The first-order valence-corrected chi connectivity index (χ1v) is 25.8. The van der Waals surface area contributed by atoms with Crippen LogP contribution in [0.1, 0.15) is 181 Å². The zero-order valence-corrected chi connectivity index (χ0v) is 40.9. The molecule has 0 aliphatic rings. The number of ether oxygens (including phenoxy) is 2. The van der Waals surface area contributed by atoms with E-state index in [-0.39, 0.29) is 26.1 Å². The van der Waals surface area contributed by atoms with Gasteiger partial charge >= 0.3 is 11.9 Å². The Hall–Kier alpha value is -2.81. The maximum absolute atomic E-state index is 12.7. The maximum atomic E-state index is 12.7. The van der Waals surface area contributed by atoms with Crippen LogP contribution in [0.15, 0.2) is 85.1 Å². The summed E-state index contributed by atoms with van der Waals surface area (Å²) in [6, 6.07) is 0. The second-order valence-electron chi connectivity index (χ2n) is 17.1. The highest BCUT2D eigenvalue weighted by Gasteiger charge is 2.21. The highest BCUT2D eigenvalue weighted by Crippen LogP contribution is 2.38. The van der Waals surface area contributed by atoms with E-state index in [2.05, 4.69) is 86.8 Å². The molecule has 0 aliphatic carbocycles. The average Bonchev–Trinajstić information content (AvgIpc) is 3.23. The molecular formula is C52H90NO8P. The molecule has 62 heavy (non-hydrogen) atoms. The quantitative estimate of drug-likeness (QED) is 0.0196. The molecule has 0 radical (unpaired) electrons. The number of hydrogen-bond donors (Lipinski definition) is 0. The van der Waals surface area contributed by atoms with Crippen molar-refractivity contribution in [3.63, 3.8) is 0 Å². The number of phosphoric acid groups is 1. The predicted octanol–water partition coefficient (Wildman–Crippen LogP) is 13.7. The van der Waals surface area contributed by atoms with Crippen molar-refractivity contribution in [2.45, 2.75) is 187 Å². The normalized spacial score (nSPS) is 14.2. The summed E-state index contributed by atoms with van der Waals surface area (Å²) in [6.07, 6.45) is 56.3. The Bertz CT molecular complexity index is 1330. The van der Waals surface area contributed by atoms with Crippen LogP contribution in [-0.2, 0) is 32.7 Å². The molecule has 0 aromatic rings. The number of nitrogens with zero attached hydrogens (tertiary/aromatic N) is 1. The van der Waals surface area contributed by atoms with E-state index in [1.165, 1.54) is 83.5 Å². The van der Waals surface area contributed by atoms with Crippen LogP contribution in [0, 0.1) is 0 Å². The lowest BCUT2D eigenvalue weighted by Gasteiger charge is -2.28. The molecular weight excluding hydrogens is 798 g/mol. The highest BCUT2D eigenvalue weighted by molar-refractivity contribution is 7.45. The third-order valence-corrected chi connectivity index (χ3v) is 10.9. The van der Waals surface area contributed by atoms with Gasteiger partial charge in [-0.2, -0.15) is 0 Å². The monoisotopic (exact) mass is 888 g/mol. The molecule has 0 aromatic carbocycles. The molecule has 0 N–H and O–H groups in total. The number of carbonyl (C=O) groups is 2. The Kier molecular flexibility index (Phi) is 41.5. The molecule has 0 spiro atoms. The zero-order valence-electron chi connectivity index (χ0n) is 40.0. The zero-order chi connectivity index (χ0) is 45.7. The molecule has 2 atom stereocenters. The Morgan fingerprint density at radius 1 is 0.516 bits per heavy atom. The highest BCUT2D eigenvalue weighted by atomic mass is 31.2. The molecule has 0 rings (SSSR count). The van der Waals surface area contributed by atoms with Crippen LogP contribution >= 0.6 is 7.82 Å². The second kappa shape index (κ2) is 43.4. The van der Waals surface area contributed by atoms with Crippen molar-refractivity contribution in [2.75, 3.05) is 47.5 Å². The summed E-state index contributed by atoms with van der Waals surface area (Å²) in [7, 11) is 1.11. The van der Waals surface area contributed by atoms with E-state index in [9.17, 15) is 19.0 Å². The van der Waals surface area contributed by atoms with Crippen molar-refractivity contribution >= 4 is 19.8 Å². The fraction of sp³-hybridized carbons (Fsp3) is 0.692. The van der Waals surface area contributed by atoms with Crippen molar-refractivity contribution in [2.24, 2.45) is 0 Å². The number of rotatable bonds is 43.